The zero-order chi connectivity index (χ0) is 15.9. The average Bonchev–Trinajstić information content (AvgIpc) is 2.52. The molecule has 4 nitrogen and oxygen atoms in total. The van der Waals surface area contributed by atoms with E-state index in [1.54, 1.807) is 12.4 Å². The fraction of sp³-hybridized carbons (Fsp3) is 0.222. The highest BCUT2D eigenvalue weighted by atomic mass is 15.2. The third kappa shape index (κ3) is 4.45. The van der Waals surface area contributed by atoms with Crippen LogP contribution in [-0.4, -0.2) is 40.6 Å². The molecule has 0 radical (unpaired) electrons. The topological polar surface area (TPSA) is 31.2 Å². The minimum Gasteiger partial charge on any atom is -0.378 e. The molecule has 0 unspecified atom stereocenters. The Balaban J connectivity index is 1.96. The maximum absolute atomic E-state index is 4.09. The van der Waals surface area contributed by atoms with Gasteiger partial charge in [0.1, 0.15) is 0 Å². The summed E-state index contributed by atoms with van der Waals surface area (Å²) in [6, 6.07) is 16.4. The zero-order valence-corrected chi connectivity index (χ0v) is 13.6. The van der Waals surface area contributed by atoms with Crippen molar-refractivity contribution in [2.75, 3.05) is 38.0 Å². The monoisotopic (exact) mass is 294 g/mol. The first-order chi connectivity index (χ1) is 10.6. The average molecular weight is 294 g/mol. The van der Waals surface area contributed by atoms with E-state index in [0.29, 0.717) is 0 Å². The van der Waals surface area contributed by atoms with Crippen molar-refractivity contribution in [3.05, 3.63) is 59.7 Å². The van der Waals surface area contributed by atoms with E-state index in [4.69, 9.17) is 0 Å². The van der Waals surface area contributed by atoms with E-state index >= 15 is 0 Å². The molecule has 0 spiro atoms. The number of nitrogens with zero attached hydrogens (tertiary/aromatic N) is 4. The summed E-state index contributed by atoms with van der Waals surface area (Å²) in [6.45, 7) is 0. The molecule has 4 heteroatoms. The fourth-order valence-corrected chi connectivity index (χ4v) is 1.92. The lowest BCUT2D eigenvalue weighted by Crippen LogP contribution is -2.08. The molecule has 0 aliphatic rings. The summed E-state index contributed by atoms with van der Waals surface area (Å²) in [5.74, 6) is 0. The van der Waals surface area contributed by atoms with Crippen LogP contribution in [-0.2, 0) is 0 Å². The Morgan fingerprint density at radius 3 is 1.18 bits per heavy atom. The predicted molar refractivity (Wildman–Crippen MR) is 96.7 cm³/mol. The van der Waals surface area contributed by atoms with Crippen LogP contribution in [0.25, 0.3) is 0 Å². The van der Waals surface area contributed by atoms with E-state index in [9.17, 15) is 0 Å². The second-order valence-electron chi connectivity index (χ2n) is 5.46. The van der Waals surface area contributed by atoms with Crippen LogP contribution in [0.15, 0.2) is 58.7 Å². The van der Waals surface area contributed by atoms with Crippen LogP contribution in [0.2, 0.25) is 0 Å². The Morgan fingerprint density at radius 1 is 0.591 bits per heavy atom. The molecular formula is C18H22N4. The van der Waals surface area contributed by atoms with Crippen LogP contribution >= 0.6 is 0 Å². The largest absolute Gasteiger partial charge is 0.378 e. The number of rotatable bonds is 5. The van der Waals surface area contributed by atoms with E-state index < -0.39 is 0 Å². The van der Waals surface area contributed by atoms with Gasteiger partial charge in [-0.3, -0.25) is 0 Å². The van der Waals surface area contributed by atoms with Gasteiger partial charge >= 0.3 is 0 Å². The van der Waals surface area contributed by atoms with Gasteiger partial charge in [-0.1, -0.05) is 24.3 Å². The zero-order valence-electron chi connectivity index (χ0n) is 13.6. The molecule has 0 fully saturated rings. The van der Waals surface area contributed by atoms with Gasteiger partial charge in [0.25, 0.3) is 0 Å². The van der Waals surface area contributed by atoms with Gasteiger partial charge in [0, 0.05) is 39.6 Å². The normalized spacial score (nSPS) is 11.3. The van der Waals surface area contributed by atoms with Gasteiger partial charge in [-0.15, -0.1) is 0 Å². The van der Waals surface area contributed by atoms with Crippen LogP contribution in [0.4, 0.5) is 11.4 Å². The van der Waals surface area contributed by atoms with Crippen LogP contribution in [0.1, 0.15) is 11.1 Å². The van der Waals surface area contributed by atoms with Crippen LogP contribution in [0, 0.1) is 0 Å². The fourth-order valence-electron chi connectivity index (χ4n) is 1.92. The molecule has 2 aromatic rings. The van der Waals surface area contributed by atoms with E-state index in [2.05, 4.69) is 44.3 Å². The molecule has 22 heavy (non-hydrogen) atoms. The van der Waals surface area contributed by atoms with E-state index in [1.807, 2.05) is 52.5 Å². The molecule has 0 N–H and O–H groups in total. The second-order valence-corrected chi connectivity index (χ2v) is 5.46. The van der Waals surface area contributed by atoms with Crippen molar-refractivity contribution in [1.82, 2.24) is 0 Å². The lowest BCUT2D eigenvalue weighted by atomic mass is 10.2. The number of benzene rings is 2. The highest BCUT2D eigenvalue weighted by molar-refractivity contribution is 5.83. The molecule has 0 bridgehead atoms. The third-order valence-corrected chi connectivity index (χ3v) is 3.30. The van der Waals surface area contributed by atoms with E-state index in [0.717, 1.165) is 11.1 Å². The summed E-state index contributed by atoms with van der Waals surface area (Å²) in [5.41, 5.74) is 4.40. The Labute approximate surface area is 132 Å². The molecule has 114 valence electrons. The molecule has 2 rings (SSSR count). The van der Waals surface area contributed by atoms with Gasteiger partial charge < -0.3 is 9.80 Å². The quantitative estimate of drug-likeness (QED) is 0.626. The van der Waals surface area contributed by atoms with Gasteiger partial charge in [-0.25, -0.2) is 0 Å². The van der Waals surface area contributed by atoms with Crippen LogP contribution < -0.4 is 9.80 Å². The highest BCUT2D eigenvalue weighted by Gasteiger charge is 1.94. The maximum Gasteiger partial charge on any atom is 0.0568 e. The first-order valence-electron chi connectivity index (χ1n) is 7.17. The molecule has 0 atom stereocenters. The Kier molecular flexibility index (Phi) is 5.31. The van der Waals surface area contributed by atoms with Crippen molar-refractivity contribution < 1.29 is 0 Å². The number of hydrogen-bond acceptors (Lipinski definition) is 4. The van der Waals surface area contributed by atoms with Crippen LogP contribution in [0.3, 0.4) is 0 Å². The molecule has 0 aromatic heterocycles. The Bertz CT molecular complexity index is 578. The molecule has 0 saturated heterocycles. The van der Waals surface area contributed by atoms with Crippen molar-refractivity contribution in [2.45, 2.75) is 0 Å². The van der Waals surface area contributed by atoms with Gasteiger partial charge in [0.15, 0.2) is 0 Å². The van der Waals surface area contributed by atoms with Gasteiger partial charge in [0.2, 0.25) is 0 Å². The first-order valence-corrected chi connectivity index (χ1v) is 7.17. The third-order valence-electron chi connectivity index (χ3n) is 3.30. The maximum atomic E-state index is 4.09. The van der Waals surface area contributed by atoms with Gasteiger partial charge in [-0.05, 0) is 35.4 Å². The lowest BCUT2D eigenvalue weighted by molar-refractivity contribution is 1.13. The summed E-state index contributed by atoms with van der Waals surface area (Å²) in [5, 5.41) is 8.18. The summed E-state index contributed by atoms with van der Waals surface area (Å²) >= 11 is 0. The van der Waals surface area contributed by atoms with Gasteiger partial charge in [-0.2, -0.15) is 10.2 Å². The highest BCUT2D eigenvalue weighted by Crippen LogP contribution is 2.12. The minimum absolute atomic E-state index is 1.03. The number of anilines is 2. The lowest BCUT2D eigenvalue weighted by Gasteiger charge is -2.11. The first kappa shape index (κ1) is 15.8. The second kappa shape index (κ2) is 7.41. The van der Waals surface area contributed by atoms with Gasteiger partial charge in [0.05, 0.1) is 12.4 Å². The minimum atomic E-state index is 1.03. The smallest absolute Gasteiger partial charge is 0.0568 e. The molecule has 2 aromatic carbocycles. The van der Waals surface area contributed by atoms with Crippen molar-refractivity contribution in [2.24, 2.45) is 10.2 Å². The number of hydrogen-bond donors (Lipinski definition) is 0. The van der Waals surface area contributed by atoms with Crippen molar-refractivity contribution >= 4 is 23.8 Å². The predicted octanol–water partition coefficient (Wildman–Crippen LogP) is 3.27. The van der Waals surface area contributed by atoms with Crippen molar-refractivity contribution in [3.63, 3.8) is 0 Å². The summed E-state index contributed by atoms with van der Waals surface area (Å²) in [4.78, 5) is 4.13. The standard InChI is InChI=1S/C18H22N4/c1-21(2)17-9-5-15(6-10-17)13-19-20-14-16-7-11-18(12-8-16)22(3)4/h5-14H,1-4H3/b19-13+,20-14+. The molecule has 0 heterocycles. The molecule has 0 saturated carbocycles. The summed E-state index contributed by atoms with van der Waals surface area (Å²) < 4.78 is 0. The molecule has 0 aliphatic heterocycles. The Hall–Kier alpha value is -2.62. The van der Waals surface area contributed by atoms with E-state index in [-0.39, 0.29) is 0 Å². The molecule has 0 amide bonds. The Morgan fingerprint density at radius 2 is 0.909 bits per heavy atom. The summed E-state index contributed by atoms with van der Waals surface area (Å²) in [7, 11) is 8.09. The molecule has 0 aliphatic carbocycles. The van der Waals surface area contributed by atoms with Crippen LogP contribution in [0.5, 0.6) is 0 Å². The van der Waals surface area contributed by atoms with Crippen molar-refractivity contribution in [3.8, 4) is 0 Å². The SMILES string of the molecule is CN(C)c1ccc(/C=N/N=C/c2ccc(N(C)C)cc2)cc1. The molecular weight excluding hydrogens is 272 g/mol. The van der Waals surface area contributed by atoms with Crippen molar-refractivity contribution in [1.29, 1.82) is 0 Å². The van der Waals surface area contributed by atoms with E-state index in [1.165, 1.54) is 11.4 Å². The summed E-state index contributed by atoms with van der Waals surface area (Å²) in [6.07, 6.45) is 3.51.